The number of fused-ring (bicyclic) bond motifs is 3. The van der Waals surface area contributed by atoms with Gasteiger partial charge >= 0.3 is 6.09 Å². The van der Waals surface area contributed by atoms with Gasteiger partial charge in [0.25, 0.3) is 0 Å². The van der Waals surface area contributed by atoms with Gasteiger partial charge in [0, 0.05) is 11.3 Å². The molecule has 1 aliphatic heterocycles. The van der Waals surface area contributed by atoms with Crippen LogP contribution in [0.25, 0.3) is 5.65 Å². The Morgan fingerprint density at radius 2 is 1.90 bits per heavy atom. The van der Waals surface area contributed by atoms with Crippen molar-refractivity contribution in [2.45, 2.75) is 53.3 Å². The van der Waals surface area contributed by atoms with Crippen LogP contribution in [0.3, 0.4) is 0 Å². The molecule has 1 amide bonds. The van der Waals surface area contributed by atoms with E-state index in [0.717, 1.165) is 16.9 Å². The summed E-state index contributed by atoms with van der Waals surface area (Å²) in [6.07, 6.45) is 1.43. The van der Waals surface area contributed by atoms with Gasteiger partial charge in [0.2, 0.25) is 0 Å². The molecular formula is C15H20N4O2. The number of nitrogens with zero attached hydrogens (tertiary/aromatic N) is 4. The van der Waals surface area contributed by atoms with Gasteiger partial charge in [0.15, 0.2) is 5.65 Å². The monoisotopic (exact) mass is 288 g/mol. The first-order chi connectivity index (χ1) is 9.78. The lowest BCUT2D eigenvalue weighted by molar-refractivity contribution is 0.0242. The fourth-order valence-electron chi connectivity index (χ4n) is 2.72. The van der Waals surface area contributed by atoms with E-state index in [-0.39, 0.29) is 6.09 Å². The summed E-state index contributed by atoms with van der Waals surface area (Å²) in [6.45, 7) is 10.8. The third-order valence-electron chi connectivity index (χ3n) is 3.89. The second-order valence-electron chi connectivity index (χ2n) is 6.53. The van der Waals surface area contributed by atoms with Crippen LogP contribution in [-0.2, 0) is 17.8 Å². The van der Waals surface area contributed by atoms with Gasteiger partial charge in [0.05, 0.1) is 13.1 Å². The average molecular weight is 288 g/mol. The van der Waals surface area contributed by atoms with Gasteiger partial charge in [-0.3, -0.25) is 9.30 Å². The summed E-state index contributed by atoms with van der Waals surface area (Å²) in [5.74, 6) is 0. The number of pyridine rings is 1. The fraction of sp³-hybridized carbons (Fsp3) is 0.533. The lowest BCUT2D eigenvalue weighted by atomic mass is 10.0. The van der Waals surface area contributed by atoms with E-state index in [9.17, 15) is 4.79 Å². The van der Waals surface area contributed by atoms with E-state index < -0.39 is 5.60 Å². The third kappa shape index (κ3) is 2.24. The molecule has 0 N–H and O–H groups in total. The maximum Gasteiger partial charge on any atom is 0.410 e. The highest BCUT2D eigenvalue weighted by atomic mass is 16.6. The lowest BCUT2D eigenvalue weighted by Gasteiger charge is -2.24. The first kappa shape index (κ1) is 13.9. The number of aryl methyl sites for hydroxylation is 1. The molecule has 0 atom stereocenters. The Bertz CT molecular complexity index is 727. The number of rotatable bonds is 0. The molecule has 0 spiro atoms. The van der Waals surface area contributed by atoms with Crippen molar-refractivity contribution in [2.75, 3.05) is 0 Å². The van der Waals surface area contributed by atoms with Gasteiger partial charge in [-0.2, -0.15) is 0 Å². The Hall–Kier alpha value is -2.11. The van der Waals surface area contributed by atoms with Gasteiger partial charge in [-0.25, -0.2) is 4.79 Å². The second kappa shape index (κ2) is 4.44. The molecule has 0 unspecified atom stereocenters. The summed E-state index contributed by atoms with van der Waals surface area (Å²) < 4.78 is 7.44. The summed E-state index contributed by atoms with van der Waals surface area (Å²) in [7, 11) is 0. The van der Waals surface area contributed by atoms with Crippen LogP contribution < -0.4 is 0 Å². The maximum absolute atomic E-state index is 12.3. The van der Waals surface area contributed by atoms with Crippen molar-refractivity contribution in [1.82, 2.24) is 19.5 Å². The Labute approximate surface area is 123 Å². The molecular weight excluding hydrogens is 268 g/mol. The molecule has 6 heteroatoms. The molecule has 1 aliphatic rings. The van der Waals surface area contributed by atoms with Crippen molar-refractivity contribution in [2.24, 2.45) is 0 Å². The first-order valence-electron chi connectivity index (χ1n) is 7.06. The van der Waals surface area contributed by atoms with E-state index in [4.69, 9.17) is 4.74 Å². The SMILES string of the molecule is Cc1c2c(c3nncn3c1C)CN(C(=O)OC(C)(C)C)C2. The topological polar surface area (TPSA) is 59.7 Å². The highest BCUT2D eigenvalue weighted by molar-refractivity contribution is 5.71. The maximum atomic E-state index is 12.3. The van der Waals surface area contributed by atoms with E-state index in [1.807, 2.05) is 32.1 Å². The highest BCUT2D eigenvalue weighted by Gasteiger charge is 2.31. The Morgan fingerprint density at radius 3 is 2.57 bits per heavy atom. The van der Waals surface area contributed by atoms with E-state index in [2.05, 4.69) is 17.1 Å². The molecule has 0 bridgehead atoms. The number of aromatic nitrogens is 3. The van der Waals surface area contributed by atoms with Crippen LogP contribution in [0, 0.1) is 13.8 Å². The quantitative estimate of drug-likeness (QED) is 0.747. The number of carbonyl (C=O) groups is 1. The van der Waals surface area contributed by atoms with E-state index in [0.29, 0.717) is 13.1 Å². The van der Waals surface area contributed by atoms with Crippen LogP contribution >= 0.6 is 0 Å². The summed E-state index contributed by atoms with van der Waals surface area (Å²) in [5, 5.41) is 8.18. The molecule has 2 aromatic heterocycles. The molecule has 0 fully saturated rings. The molecule has 112 valence electrons. The highest BCUT2D eigenvalue weighted by Crippen LogP contribution is 2.31. The summed E-state index contributed by atoms with van der Waals surface area (Å²) in [4.78, 5) is 14.0. The molecule has 0 aromatic carbocycles. The number of hydrogen-bond acceptors (Lipinski definition) is 4. The number of hydrogen-bond donors (Lipinski definition) is 0. The number of amides is 1. The van der Waals surface area contributed by atoms with Crippen molar-refractivity contribution in [3.8, 4) is 0 Å². The van der Waals surface area contributed by atoms with E-state index in [1.165, 1.54) is 11.1 Å². The smallest absolute Gasteiger partial charge is 0.410 e. The summed E-state index contributed by atoms with van der Waals surface area (Å²) in [5.41, 5.74) is 4.88. The van der Waals surface area contributed by atoms with Crippen LogP contribution in [0.5, 0.6) is 0 Å². The Morgan fingerprint density at radius 1 is 1.24 bits per heavy atom. The van der Waals surface area contributed by atoms with Crippen molar-refractivity contribution >= 4 is 11.7 Å². The minimum Gasteiger partial charge on any atom is -0.444 e. The van der Waals surface area contributed by atoms with Crippen molar-refractivity contribution in [3.05, 3.63) is 28.7 Å². The molecule has 0 aliphatic carbocycles. The van der Waals surface area contributed by atoms with E-state index >= 15 is 0 Å². The van der Waals surface area contributed by atoms with Gasteiger partial charge < -0.3 is 4.74 Å². The van der Waals surface area contributed by atoms with Crippen molar-refractivity contribution in [3.63, 3.8) is 0 Å². The molecule has 2 aromatic rings. The van der Waals surface area contributed by atoms with Gasteiger partial charge in [-0.1, -0.05) is 0 Å². The molecule has 0 saturated carbocycles. The molecule has 6 nitrogen and oxygen atoms in total. The van der Waals surface area contributed by atoms with Crippen molar-refractivity contribution in [1.29, 1.82) is 0 Å². The normalized spacial score (nSPS) is 14.6. The second-order valence-corrected chi connectivity index (χ2v) is 6.53. The van der Waals surface area contributed by atoms with Gasteiger partial charge in [-0.05, 0) is 45.7 Å². The summed E-state index contributed by atoms with van der Waals surface area (Å²) >= 11 is 0. The molecule has 0 saturated heterocycles. The number of carbonyl (C=O) groups excluding carboxylic acids is 1. The Balaban J connectivity index is 1.98. The zero-order valence-electron chi connectivity index (χ0n) is 13.1. The van der Waals surface area contributed by atoms with E-state index in [1.54, 1.807) is 11.2 Å². The van der Waals surface area contributed by atoms with Crippen molar-refractivity contribution < 1.29 is 9.53 Å². The molecule has 3 rings (SSSR count). The predicted octanol–water partition coefficient (Wildman–Crippen LogP) is 2.60. The largest absolute Gasteiger partial charge is 0.444 e. The number of ether oxygens (including phenoxy) is 1. The van der Waals surface area contributed by atoms with Gasteiger partial charge in [0.1, 0.15) is 11.9 Å². The summed E-state index contributed by atoms with van der Waals surface area (Å²) in [6, 6.07) is 0. The minimum absolute atomic E-state index is 0.284. The van der Waals surface area contributed by atoms with Crippen LogP contribution in [-0.4, -0.2) is 31.2 Å². The zero-order chi connectivity index (χ0) is 15.4. The lowest BCUT2D eigenvalue weighted by Crippen LogP contribution is -2.33. The average Bonchev–Trinajstić information content (AvgIpc) is 2.99. The zero-order valence-corrected chi connectivity index (χ0v) is 13.1. The standard InChI is InChI=1S/C15H20N4O2/c1-9-10(2)19-8-16-17-13(19)12-7-18(6-11(9)12)14(20)21-15(3,4)5/h8H,6-7H2,1-5H3. The Kier molecular flexibility index (Phi) is 2.93. The van der Waals surface area contributed by atoms with Crippen LogP contribution in [0.2, 0.25) is 0 Å². The molecule has 0 radical (unpaired) electrons. The third-order valence-corrected chi connectivity index (χ3v) is 3.89. The van der Waals surface area contributed by atoms with Crippen LogP contribution in [0.4, 0.5) is 4.79 Å². The predicted molar refractivity (Wildman–Crippen MR) is 77.9 cm³/mol. The molecule has 3 heterocycles. The first-order valence-corrected chi connectivity index (χ1v) is 7.06. The fourth-order valence-corrected chi connectivity index (χ4v) is 2.72. The minimum atomic E-state index is -0.485. The molecule has 21 heavy (non-hydrogen) atoms. The van der Waals surface area contributed by atoms with Crippen LogP contribution in [0.1, 0.15) is 43.2 Å². The van der Waals surface area contributed by atoms with Gasteiger partial charge in [-0.15, -0.1) is 10.2 Å². The van der Waals surface area contributed by atoms with Crippen LogP contribution in [0.15, 0.2) is 6.33 Å².